The van der Waals surface area contributed by atoms with E-state index in [1.807, 2.05) is 0 Å². The molecule has 1 N–H and O–H groups in total. The van der Waals surface area contributed by atoms with Crippen LogP contribution in [0.15, 0.2) is 11.4 Å². The van der Waals surface area contributed by atoms with E-state index in [-0.39, 0.29) is 10.8 Å². The lowest BCUT2D eigenvalue weighted by Crippen LogP contribution is -2.15. The van der Waals surface area contributed by atoms with Crippen molar-refractivity contribution in [1.82, 2.24) is 9.55 Å². The Hall–Kier alpha value is -1.57. The number of carboxylic acid groups (broad SMARTS) is 1. The van der Waals surface area contributed by atoms with E-state index in [1.165, 1.54) is 10.9 Å². The molecule has 0 radical (unpaired) electrons. The van der Waals surface area contributed by atoms with Crippen molar-refractivity contribution in [3.8, 4) is 0 Å². The topological polar surface area (TPSA) is 98.3 Å². The largest absolute Gasteiger partial charge is 0.480 e. The van der Waals surface area contributed by atoms with E-state index in [4.69, 9.17) is 5.11 Å². The maximum Gasteiger partial charge on any atom is 0.395 e. The number of thioether (sulfide) groups is 1. The molecule has 8 heteroatoms. The second-order valence-electron chi connectivity index (χ2n) is 3.09. The highest BCUT2D eigenvalue weighted by Crippen LogP contribution is 2.31. The molecule has 0 saturated heterocycles. The number of rotatable bonds is 5. The molecule has 1 rings (SSSR count). The average molecular weight is 245 g/mol. The molecule has 7 nitrogen and oxygen atoms in total. The van der Waals surface area contributed by atoms with Gasteiger partial charge in [-0.3, -0.25) is 4.79 Å². The minimum atomic E-state index is -0.983. The lowest BCUT2D eigenvalue weighted by atomic mass is 10.3. The van der Waals surface area contributed by atoms with Gasteiger partial charge in [0.1, 0.15) is 5.25 Å². The number of aryl methyl sites for hydroxylation is 1. The van der Waals surface area contributed by atoms with E-state index in [9.17, 15) is 14.9 Å². The van der Waals surface area contributed by atoms with Crippen molar-refractivity contribution < 1.29 is 14.8 Å². The number of aliphatic carboxylic acids is 1. The molecule has 0 amide bonds. The van der Waals surface area contributed by atoms with Crippen LogP contribution in [0.3, 0.4) is 0 Å². The van der Waals surface area contributed by atoms with E-state index in [1.54, 1.807) is 14.0 Å². The minimum Gasteiger partial charge on any atom is -0.480 e. The van der Waals surface area contributed by atoms with Crippen molar-refractivity contribution in [3.05, 3.63) is 16.4 Å². The van der Waals surface area contributed by atoms with Crippen LogP contribution in [0.4, 0.5) is 5.82 Å². The average Bonchev–Trinajstić information content (AvgIpc) is 2.56. The molecule has 0 saturated carbocycles. The van der Waals surface area contributed by atoms with Crippen molar-refractivity contribution in [2.24, 2.45) is 7.05 Å². The number of carbonyl (C=O) groups is 1. The lowest BCUT2D eigenvalue weighted by molar-refractivity contribution is -0.392. The Labute approximate surface area is 95.6 Å². The Morgan fingerprint density at radius 3 is 2.88 bits per heavy atom. The summed E-state index contributed by atoms with van der Waals surface area (Å²) in [5, 5.41) is 19.1. The van der Waals surface area contributed by atoms with Gasteiger partial charge in [0.2, 0.25) is 6.33 Å². The first-order chi connectivity index (χ1) is 7.47. The molecule has 1 unspecified atom stereocenters. The van der Waals surface area contributed by atoms with Crippen LogP contribution < -0.4 is 0 Å². The third-order valence-electron chi connectivity index (χ3n) is 1.94. The predicted octanol–water partition coefficient (Wildman–Crippen LogP) is 1.28. The first-order valence-electron chi connectivity index (χ1n) is 4.52. The van der Waals surface area contributed by atoms with Crippen LogP contribution >= 0.6 is 11.8 Å². The van der Waals surface area contributed by atoms with Crippen molar-refractivity contribution in [2.45, 2.75) is 23.6 Å². The Balaban J connectivity index is 2.99. The molecule has 0 aromatic carbocycles. The molecule has 88 valence electrons. The monoisotopic (exact) mass is 245 g/mol. The fourth-order valence-corrected chi connectivity index (χ4v) is 2.09. The van der Waals surface area contributed by atoms with Gasteiger partial charge in [-0.2, -0.15) is 0 Å². The standard InChI is InChI=1S/C8H11N3O4S/c1-3-5(8(12)13)16-7-6(11(14)15)9-4-10(7)2/h4-5H,3H2,1-2H3,(H,12,13). The molecular formula is C8H11N3O4S. The summed E-state index contributed by atoms with van der Waals surface area (Å²) in [4.78, 5) is 24.5. The summed E-state index contributed by atoms with van der Waals surface area (Å²) in [5.74, 6) is -1.28. The highest BCUT2D eigenvalue weighted by Gasteiger charge is 2.26. The van der Waals surface area contributed by atoms with Crippen molar-refractivity contribution >= 4 is 23.5 Å². The number of aromatic nitrogens is 2. The number of carboxylic acids is 1. The van der Waals surface area contributed by atoms with Crippen LogP contribution in [-0.4, -0.2) is 30.8 Å². The molecule has 1 heterocycles. The lowest BCUT2D eigenvalue weighted by Gasteiger charge is -2.08. The van der Waals surface area contributed by atoms with Crippen LogP contribution in [0.2, 0.25) is 0 Å². The normalized spacial score (nSPS) is 12.4. The zero-order valence-electron chi connectivity index (χ0n) is 8.78. The van der Waals surface area contributed by atoms with Gasteiger partial charge in [-0.1, -0.05) is 18.7 Å². The van der Waals surface area contributed by atoms with Crippen molar-refractivity contribution in [1.29, 1.82) is 0 Å². The summed E-state index contributed by atoms with van der Waals surface area (Å²) in [7, 11) is 1.59. The molecular weight excluding hydrogens is 234 g/mol. The fourth-order valence-electron chi connectivity index (χ4n) is 1.11. The Kier molecular flexibility index (Phi) is 3.88. The smallest absolute Gasteiger partial charge is 0.395 e. The first-order valence-corrected chi connectivity index (χ1v) is 5.40. The van der Waals surface area contributed by atoms with E-state index in [0.717, 1.165) is 11.8 Å². The molecule has 16 heavy (non-hydrogen) atoms. The predicted molar refractivity (Wildman–Crippen MR) is 57.4 cm³/mol. The molecule has 0 aliphatic rings. The maximum atomic E-state index is 10.8. The number of hydrogen-bond donors (Lipinski definition) is 1. The van der Waals surface area contributed by atoms with E-state index in [0.29, 0.717) is 6.42 Å². The summed E-state index contributed by atoms with van der Waals surface area (Å²) >= 11 is 0.944. The van der Waals surface area contributed by atoms with Gasteiger partial charge in [0.15, 0.2) is 5.03 Å². The Morgan fingerprint density at radius 1 is 1.81 bits per heavy atom. The zero-order chi connectivity index (χ0) is 12.3. The maximum absolute atomic E-state index is 10.8. The summed E-state index contributed by atoms with van der Waals surface area (Å²) in [6.45, 7) is 1.72. The van der Waals surface area contributed by atoms with Crippen LogP contribution in [0.25, 0.3) is 0 Å². The van der Waals surface area contributed by atoms with E-state index >= 15 is 0 Å². The van der Waals surface area contributed by atoms with Gasteiger partial charge < -0.3 is 19.8 Å². The molecule has 1 atom stereocenters. The number of nitrogens with zero attached hydrogens (tertiary/aromatic N) is 3. The second kappa shape index (κ2) is 4.97. The number of imidazole rings is 1. The quantitative estimate of drug-likeness (QED) is 0.476. The third-order valence-corrected chi connectivity index (χ3v) is 3.45. The molecule has 0 aliphatic heterocycles. The Morgan fingerprint density at radius 2 is 2.44 bits per heavy atom. The summed E-state index contributed by atoms with van der Waals surface area (Å²) in [6.07, 6.45) is 1.69. The number of nitro groups is 1. The fraction of sp³-hybridized carbons (Fsp3) is 0.500. The van der Waals surface area contributed by atoms with Crippen LogP contribution in [0.5, 0.6) is 0 Å². The highest BCUT2D eigenvalue weighted by molar-refractivity contribution is 8.00. The second-order valence-corrected chi connectivity index (χ2v) is 4.29. The Bertz CT molecular complexity index is 417. The van der Waals surface area contributed by atoms with Gasteiger partial charge in [0, 0.05) is 7.05 Å². The van der Waals surface area contributed by atoms with E-state index < -0.39 is 16.1 Å². The zero-order valence-corrected chi connectivity index (χ0v) is 9.60. The van der Waals surface area contributed by atoms with Gasteiger partial charge in [0.05, 0.1) is 0 Å². The van der Waals surface area contributed by atoms with Crippen LogP contribution in [0, 0.1) is 10.1 Å². The van der Waals surface area contributed by atoms with Crippen molar-refractivity contribution in [2.75, 3.05) is 0 Å². The van der Waals surface area contributed by atoms with Gasteiger partial charge >= 0.3 is 11.8 Å². The van der Waals surface area contributed by atoms with E-state index in [2.05, 4.69) is 4.98 Å². The SMILES string of the molecule is CCC(Sc1c([N+](=O)[O-])ncn1C)C(=O)O. The van der Waals surface area contributed by atoms with Crippen molar-refractivity contribution in [3.63, 3.8) is 0 Å². The highest BCUT2D eigenvalue weighted by atomic mass is 32.2. The molecule has 0 fully saturated rings. The summed E-state index contributed by atoms with van der Waals surface area (Å²) < 4.78 is 1.45. The van der Waals surface area contributed by atoms with Gasteiger partial charge in [0.25, 0.3) is 0 Å². The first kappa shape index (κ1) is 12.5. The molecule has 1 aromatic heterocycles. The third kappa shape index (κ3) is 2.51. The van der Waals surface area contributed by atoms with Crippen LogP contribution in [-0.2, 0) is 11.8 Å². The van der Waals surface area contributed by atoms with Gasteiger partial charge in [-0.05, 0) is 16.3 Å². The summed E-state index contributed by atoms with van der Waals surface area (Å²) in [5.41, 5.74) is 0. The summed E-state index contributed by atoms with van der Waals surface area (Å²) in [6, 6.07) is 0. The molecule has 0 bridgehead atoms. The number of hydrogen-bond acceptors (Lipinski definition) is 5. The molecule has 0 spiro atoms. The van der Waals surface area contributed by atoms with Gasteiger partial charge in [-0.15, -0.1) is 0 Å². The molecule has 1 aromatic rings. The molecule has 0 aliphatic carbocycles. The minimum absolute atomic E-state index is 0.263. The van der Waals surface area contributed by atoms with Gasteiger partial charge in [-0.25, -0.2) is 0 Å². The van der Waals surface area contributed by atoms with Crippen LogP contribution in [0.1, 0.15) is 13.3 Å².